The third-order valence-electron chi connectivity index (χ3n) is 1.39. The summed E-state index contributed by atoms with van der Waals surface area (Å²) in [5.41, 5.74) is 0.579. The van der Waals surface area contributed by atoms with Gasteiger partial charge in [0.1, 0.15) is 13.2 Å². The number of aryl methyl sites for hydroxylation is 1. The zero-order valence-corrected chi connectivity index (χ0v) is 6.90. The number of carboxylic acid groups (broad SMARTS) is 1. The molecule has 0 aliphatic rings. The van der Waals surface area contributed by atoms with Gasteiger partial charge in [0.05, 0.1) is 18.4 Å². The second-order valence-electron chi connectivity index (χ2n) is 2.43. The van der Waals surface area contributed by atoms with Crippen LogP contribution in [0.4, 0.5) is 10.1 Å². The summed E-state index contributed by atoms with van der Waals surface area (Å²) >= 11 is 0. The molecule has 0 bridgehead atoms. The van der Waals surface area contributed by atoms with Gasteiger partial charge in [-0.25, -0.2) is 4.39 Å². The van der Waals surface area contributed by atoms with Crippen molar-refractivity contribution < 1.29 is 14.3 Å². The molecule has 0 spiro atoms. The zero-order valence-electron chi connectivity index (χ0n) is 6.90. The second kappa shape index (κ2) is 4.44. The first-order valence-electron chi connectivity index (χ1n) is 3.76. The quantitative estimate of drug-likeness (QED) is 0.698. The SMILES string of the molecule is O=C(O)CNc1cnn(CCF)c1. The largest absolute Gasteiger partial charge is 0.480 e. The van der Waals surface area contributed by atoms with Gasteiger partial charge in [0.2, 0.25) is 0 Å². The maximum absolute atomic E-state index is 11.8. The number of halogens is 1. The third-order valence-corrected chi connectivity index (χ3v) is 1.39. The number of aromatic nitrogens is 2. The van der Waals surface area contributed by atoms with E-state index in [9.17, 15) is 9.18 Å². The van der Waals surface area contributed by atoms with E-state index in [1.165, 1.54) is 10.9 Å². The van der Waals surface area contributed by atoms with Crippen LogP contribution in [0.3, 0.4) is 0 Å². The molecule has 1 heterocycles. The fourth-order valence-electron chi connectivity index (χ4n) is 0.841. The summed E-state index contributed by atoms with van der Waals surface area (Å²) in [7, 11) is 0. The smallest absolute Gasteiger partial charge is 0.322 e. The average molecular weight is 187 g/mol. The summed E-state index contributed by atoms with van der Waals surface area (Å²) in [5.74, 6) is -0.946. The zero-order chi connectivity index (χ0) is 9.68. The van der Waals surface area contributed by atoms with Crippen LogP contribution in [-0.2, 0) is 11.3 Å². The Kier molecular flexibility index (Phi) is 3.24. The van der Waals surface area contributed by atoms with Crippen molar-refractivity contribution in [2.45, 2.75) is 6.54 Å². The van der Waals surface area contributed by atoms with Crippen molar-refractivity contribution in [1.82, 2.24) is 9.78 Å². The lowest BCUT2D eigenvalue weighted by Gasteiger charge is -1.97. The number of carboxylic acids is 1. The first-order valence-corrected chi connectivity index (χ1v) is 3.76. The molecule has 1 aromatic rings. The standard InChI is InChI=1S/C7H10FN3O2/c8-1-2-11-5-6(3-10-11)9-4-7(12)13/h3,5,9H,1-2,4H2,(H,12,13). The summed E-state index contributed by atoms with van der Waals surface area (Å²) in [6.45, 7) is -0.462. The Morgan fingerprint density at radius 1 is 1.77 bits per heavy atom. The van der Waals surface area contributed by atoms with Crippen molar-refractivity contribution in [1.29, 1.82) is 0 Å². The van der Waals surface area contributed by atoms with E-state index in [0.717, 1.165) is 0 Å². The number of alkyl halides is 1. The molecule has 0 fully saturated rings. The molecule has 0 aliphatic heterocycles. The molecular formula is C7H10FN3O2. The number of aliphatic carboxylic acids is 1. The van der Waals surface area contributed by atoms with Crippen molar-refractivity contribution in [3.05, 3.63) is 12.4 Å². The van der Waals surface area contributed by atoms with Crippen molar-refractivity contribution in [2.24, 2.45) is 0 Å². The summed E-state index contributed by atoms with van der Waals surface area (Å²) < 4.78 is 13.2. The van der Waals surface area contributed by atoms with Crippen LogP contribution in [0.5, 0.6) is 0 Å². The molecule has 5 nitrogen and oxygen atoms in total. The minimum Gasteiger partial charge on any atom is -0.480 e. The molecule has 0 saturated heterocycles. The van der Waals surface area contributed by atoms with Crippen molar-refractivity contribution >= 4 is 11.7 Å². The number of hydrogen-bond acceptors (Lipinski definition) is 3. The molecule has 0 unspecified atom stereocenters. The Morgan fingerprint density at radius 2 is 2.54 bits per heavy atom. The molecular weight excluding hydrogens is 177 g/mol. The van der Waals surface area contributed by atoms with Gasteiger partial charge >= 0.3 is 5.97 Å². The maximum atomic E-state index is 11.8. The maximum Gasteiger partial charge on any atom is 0.322 e. The molecule has 13 heavy (non-hydrogen) atoms. The minimum absolute atomic E-state index is 0.165. The van der Waals surface area contributed by atoms with Gasteiger partial charge < -0.3 is 10.4 Å². The van der Waals surface area contributed by atoms with Crippen molar-refractivity contribution in [2.75, 3.05) is 18.5 Å². The van der Waals surface area contributed by atoms with E-state index in [1.807, 2.05) is 0 Å². The monoisotopic (exact) mass is 187 g/mol. The Morgan fingerprint density at radius 3 is 3.15 bits per heavy atom. The predicted octanol–water partition coefficient (Wildman–Crippen LogP) is 0.349. The first-order chi connectivity index (χ1) is 6.22. The molecule has 0 aliphatic carbocycles. The fraction of sp³-hybridized carbons (Fsp3) is 0.429. The molecule has 2 N–H and O–H groups in total. The van der Waals surface area contributed by atoms with Crippen LogP contribution in [0.2, 0.25) is 0 Å². The number of anilines is 1. The Hall–Kier alpha value is -1.59. The molecule has 0 saturated carbocycles. The highest BCUT2D eigenvalue weighted by molar-refractivity contribution is 5.72. The van der Waals surface area contributed by atoms with E-state index in [1.54, 1.807) is 6.20 Å². The Bertz CT molecular complexity index is 287. The van der Waals surface area contributed by atoms with Gasteiger partial charge in [-0.3, -0.25) is 9.48 Å². The Labute approximate surface area is 74.2 Å². The minimum atomic E-state index is -0.946. The van der Waals surface area contributed by atoms with Crippen LogP contribution >= 0.6 is 0 Å². The first kappa shape index (κ1) is 9.50. The highest BCUT2D eigenvalue weighted by Gasteiger charge is 1.99. The van der Waals surface area contributed by atoms with E-state index < -0.39 is 12.6 Å². The van der Waals surface area contributed by atoms with Crippen molar-refractivity contribution in [3.8, 4) is 0 Å². The van der Waals surface area contributed by atoms with E-state index in [4.69, 9.17) is 5.11 Å². The topological polar surface area (TPSA) is 67.2 Å². The Balaban J connectivity index is 2.44. The van der Waals surface area contributed by atoms with Crippen LogP contribution in [0.25, 0.3) is 0 Å². The van der Waals surface area contributed by atoms with E-state index >= 15 is 0 Å². The lowest BCUT2D eigenvalue weighted by atomic mass is 10.5. The number of carbonyl (C=O) groups is 1. The number of hydrogen-bond donors (Lipinski definition) is 2. The third kappa shape index (κ3) is 3.10. The summed E-state index contributed by atoms with van der Waals surface area (Å²) in [4.78, 5) is 10.2. The van der Waals surface area contributed by atoms with Gasteiger partial charge in [-0.1, -0.05) is 0 Å². The van der Waals surface area contributed by atoms with E-state index in [0.29, 0.717) is 5.69 Å². The van der Waals surface area contributed by atoms with Gasteiger partial charge in [0.15, 0.2) is 0 Å². The molecule has 0 aromatic carbocycles. The van der Waals surface area contributed by atoms with Gasteiger partial charge in [-0.15, -0.1) is 0 Å². The van der Waals surface area contributed by atoms with Crippen LogP contribution in [0.1, 0.15) is 0 Å². The van der Waals surface area contributed by atoms with Gasteiger partial charge in [0.25, 0.3) is 0 Å². The summed E-state index contributed by atoms with van der Waals surface area (Å²) in [6, 6.07) is 0. The number of rotatable bonds is 5. The van der Waals surface area contributed by atoms with Crippen LogP contribution in [0, 0.1) is 0 Å². The molecule has 6 heteroatoms. The fourth-order valence-corrected chi connectivity index (χ4v) is 0.841. The van der Waals surface area contributed by atoms with Crippen LogP contribution < -0.4 is 5.32 Å². The predicted molar refractivity (Wildman–Crippen MR) is 44.3 cm³/mol. The lowest BCUT2D eigenvalue weighted by molar-refractivity contribution is -0.134. The van der Waals surface area contributed by atoms with Gasteiger partial charge in [0, 0.05) is 6.20 Å². The van der Waals surface area contributed by atoms with E-state index in [-0.39, 0.29) is 13.1 Å². The lowest BCUT2D eigenvalue weighted by Crippen LogP contribution is -2.11. The van der Waals surface area contributed by atoms with E-state index in [2.05, 4.69) is 10.4 Å². The highest BCUT2D eigenvalue weighted by atomic mass is 19.1. The van der Waals surface area contributed by atoms with Crippen LogP contribution in [0.15, 0.2) is 12.4 Å². The number of nitrogens with one attached hydrogen (secondary N) is 1. The van der Waals surface area contributed by atoms with Gasteiger partial charge in [-0.05, 0) is 0 Å². The molecule has 0 atom stereocenters. The normalized spacial score (nSPS) is 9.92. The summed E-state index contributed by atoms with van der Waals surface area (Å²) in [6.07, 6.45) is 3.01. The highest BCUT2D eigenvalue weighted by Crippen LogP contribution is 2.03. The molecule has 1 rings (SSSR count). The average Bonchev–Trinajstić information content (AvgIpc) is 2.50. The van der Waals surface area contributed by atoms with Crippen LogP contribution in [-0.4, -0.2) is 34.1 Å². The molecule has 0 amide bonds. The molecule has 72 valence electrons. The molecule has 0 radical (unpaired) electrons. The number of nitrogens with zero attached hydrogens (tertiary/aromatic N) is 2. The molecule has 1 aromatic heterocycles. The second-order valence-corrected chi connectivity index (χ2v) is 2.43. The van der Waals surface area contributed by atoms with Gasteiger partial charge in [-0.2, -0.15) is 5.10 Å². The summed E-state index contributed by atoms with van der Waals surface area (Å²) in [5, 5.41) is 14.8. The van der Waals surface area contributed by atoms with Crippen molar-refractivity contribution in [3.63, 3.8) is 0 Å².